The summed E-state index contributed by atoms with van der Waals surface area (Å²) in [5.74, 6) is -0.900. The minimum Gasteiger partial charge on any atom is -0.361 e. The summed E-state index contributed by atoms with van der Waals surface area (Å²) in [7, 11) is 2.06. The molecule has 2 aliphatic rings. The fraction of sp³-hybridized carbons (Fsp3) is 0.261. The smallest absolute Gasteiger partial charge is 0.232 e. The normalized spacial score (nSPS) is 21.3. The average Bonchev–Trinajstić information content (AvgIpc) is 3.09. The first-order chi connectivity index (χ1) is 13.5. The molecule has 0 fully saturated rings. The Morgan fingerprint density at radius 1 is 1.29 bits per heavy atom. The van der Waals surface area contributed by atoms with Crippen LogP contribution < -0.4 is 5.32 Å². The number of likely N-dealkylation sites (N-methyl/N-ethyl adjacent to an activating group) is 1. The summed E-state index contributed by atoms with van der Waals surface area (Å²) < 4.78 is 14.2. The maximum Gasteiger partial charge on any atom is 0.232 e. The van der Waals surface area contributed by atoms with E-state index in [1.807, 2.05) is 13.0 Å². The van der Waals surface area contributed by atoms with Crippen molar-refractivity contribution in [3.05, 3.63) is 71.2 Å². The van der Waals surface area contributed by atoms with Crippen molar-refractivity contribution in [2.75, 3.05) is 18.9 Å². The van der Waals surface area contributed by atoms with E-state index < -0.39 is 5.82 Å². The first-order valence-electron chi connectivity index (χ1n) is 9.59. The molecule has 2 N–H and O–H groups in total. The molecule has 5 heteroatoms. The molecule has 2 atom stereocenters. The quantitative estimate of drug-likeness (QED) is 0.708. The van der Waals surface area contributed by atoms with E-state index in [1.54, 1.807) is 12.1 Å². The number of anilines is 1. The molecule has 0 saturated heterocycles. The van der Waals surface area contributed by atoms with E-state index in [9.17, 15) is 9.18 Å². The minimum absolute atomic E-state index is 0.174. The molecule has 0 bridgehead atoms. The molecule has 1 aliphatic carbocycles. The summed E-state index contributed by atoms with van der Waals surface area (Å²) in [5.41, 5.74) is 5.90. The molecule has 0 spiro atoms. The SMILES string of the molecule is Cc1ccc(NC(=O)[C@@H]2C=C3c4cccc5[nH]cc(c45)C[C@H]3N(C)C2)c(F)c1. The van der Waals surface area contributed by atoms with Crippen molar-refractivity contribution < 1.29 is 9.18 Å². The average molecular weight is 375 g/mol. The number of aromatic nitrogens is 1. The second-order valence-electron chi connectivity index (χ2n) is 7.90. The van der Waals surface area contributed by atoms with Crippen LogP contribution >= 0.6 is 0 Å². The van der Waals surface area contributed by atoms with Crippen LogP contribution in [0.4, 0.5) is 10.1 Å². The summed E-state index contributed by atoms with van der Waals surface area (Å²) in [6.07, 6.45) is 5.11. The van der Waals surface area contributed by atoms with Gasteiger partial charge in [-0.3, -0.25) is 9.69 Å². The standard InChI is InChI=1S/C23H22FN3O/c1-13-6-7-19(18(24)8-13)26-23(28)15-9-17-16-4-3-5-20-22(16)14(11-25-20)10-21(17)27(2)12-15/h3-9,11,15,21,25H,10,12H2,1-2H3,(H,26,28)/t15-,21-/m1/s1. The van der Waals surface area contributed by atoms with Gasteiger partial charge in [0.1, 0.15) is 5.82 Å². The lowest BCUT2D eigenvalue weighted by molar-refractivity contribution is -0.119. The molecule has 142 valence electrons. The molecule has 5 rings (SSSR count). The lowest BCUT2D eigenvalue weighted by Crippen LogP contribution is -2.45. The number of halogens is 1. The molecule has 1 aliphatic heterocycles. The summed E-state index contributed by atoms with van der Waals surface area (Å²) in [5, 5.41) is 4.02. The zero-order valence-electron chi connectivity index (χ0n) is 15.9. The second kappa shape index (κ2) is 6.31. The van der Waals surface area contributed by atoms with Gasteiger partial charge in [0, 0.05) is 29.7 Å². The van der Waals surface area contributed by atoms with Crippen LogP contribution in [0.2, 0.25) is 0 Å². The van der Waals surface area contributed by atoms with Gasteiger partial charge in [-0.05, 0) is 60.9 Å². The fourth-order valence-electron chi connectivity index (χ4n) is 4.56. The highest BCUT2D eigenvalue weighted by molar-refractivity contribution is 6.01. The number of carbonyl (C=O) groups excluding carboxylic acids is 1. The van der Waals surface area contributed by atoms with Crippen molar-refractivity contribution in [3.8, 4) is 0 Å². The molecular weight excluding hydrogens is 353 g/mol. The number of nitrogens with one attached hydrogen (secondary N) is 2. The largest absolute Gasteiger partial charge is 0.361 e. The zero-order chi connectivity index (χ0) is 19.4. The van der Waals surface area contributed by atoms with E-state index in [1.165, 1.54) is 28.2 Å². The molecule has 2 heterocycles. The third-order valence-electron chi connectivity index (χ3n) is 5.99. The van der Waals surface area contributed by atoms with Crippen molar-refractivity contribution in [1.82, 2.24) is 9.88 Å². The van der Waals surface area contributed by atoms with E-state index in [-0.39, 0.29) is 23.6 Å². The summed E-state index contributed by atoms with van der Waals surface area (Å²) >= 11 is 0. The van der Waals surface area contributed by atoms with Crippen LogP contribution in [0, 0.1) is 18.7 Å². The lowest BCUT2D eigenvalue weighted by Gasteiger charge is -2.39. The highest BCUT2D eigenvalue weighted by atomic mass is 19.1. The van der Waals surface area contributed by atoms with Gasteiger partial charge in [-0.2, -0.15) is 0 Å². The molecule has 3 aromatic rings. The van der Waals surface area contributed by atoms with E-state index in [4.69, 9.17) is 0 Å². The van der Waals surface area contributed by atoms with Gasteiger partial charge in [-0.1, -0.05) is 24.3 Å². The molecular formula is C23H22FN3O. The minimum atomic E-state index is -0.401. The number of carbonyl (C=O) groups is 1. The van der Waals surface area contributed by atoms with Gasteiger partial charge in [0.15, 0.2) is 0 Å². The topological polar surface area (TPSA) is 48.1 Å². The lowest BCUT2D eigenvalue weighted by atomic mass is 9.80. The van der Waals surface area contributed by atoms with E-state index in [0.29, 0.717) is 6.54 Å². The van der Waals surface area contributed by atoms with E-state index in [2.05, 4.69) is 46.7 Å². The van der Waals surface area contributed by atoms with Gasteiger partial charge in [0.05, 0.1) is 11.6 Å². The maximum atomic E-state index is 14.2. The number of hydrogen-bond donors (Lipinski definition) is 2. The van der Waals surface area contributed by atoms with Crippen LogP contribution in [-0.4, -0.2) is 35.4 Å². The van der Waals surface area contributed by atoms with Crippen molar-refractivity contribution in [2.45, 2.75) is 19.4 Å². The Bertz CT molecular complexity index is 1130. The number of benzene rings is 2. The molecule has 4 nitrogen and oxygen atoms in total. The van der Waals surface area contributed by atoms with Gasteiger partial charge in [0.25, 0.3) is 0 Å². The van der Waals surface area contributed by atoms with Crippen LogP contribution in [-0.2, 0) is 11.2 Å². The van der Waals surface area contributed by atoms with Gasteiger partial charge in [-0.15, -0.1) is 0 Å². The Balaban J connectivity index is 1.51. The van der Waals surface area contributed by atoms with Crippen LogP contribution in [0.3, 0.4) is 0 Å². The predicted octanol–water partition coefficient (Wildman–Crippen LogP) is 4.12. The van der Waals surface area contributed by atoms with Crippen LogP contribution in [0.25, 0.3) is 16.5 Å². The second-order valence-corrected chi connectivity index (χ2v) is 7.90. The number of fused-ring (bicyclic) bond motifs is 2. The third-order valence-corrected chi connectivity index (χ3v) is 5.99. The highest BCUT2D eigenvalue weighted by Crippen LogP contribution is 2.40. The number of rotatable bonds is 2. The van der Waals surface area contributed by atoms with Crippen LogP contribution in [0.1, 0.15) is 16.7 Å². The zero-order valence-corrected chi connectivity index (χ0v) is 15.9. The number of H-pyrrole nitrogens is 1. The van der Waals surface area contributed by atoms with Crippen molar-refractivity contribution >= 4 is 28.1 Å². The van der Waals surface area contributed by atoms with Gasteiger partial charge < -0.3 is 10.3 Å². The highest BCUT2D eigenvalue weighted by Gasteiger charge is 2.35. The predicted molar refractivity (Wildman–Crippen MR) is 110 cm³/mol. The molecule has 28 heavy (non-hydrogen) atoms. The molecule has 0 saturated carbocycles. The fourth-order valence-corrected chi connectivity index (χ4v) is 4.56. The molecule has 1 amide bonds. The van der Waals surface area contributed by atoms with Gasteiger partial charge >= 0.3 is 0 Å². The van der Waals surface area contributed by atoms with Crippen LogP contribution in [0.5, 0.6) is 0 Å². The Hall–Kier alpha value is -2.92. The summed E-state index contributed by atoms with van der Waals surface area (Å²) in [6.45, 7) is 2.44. The summed E-state index contributed by atoms with van der Waals surface area (Å²) in [4.78, 5) is 18.5. The number of nitrogens with zero attached hydrogens (tertiary/aromatic N) is 1. The van der Waals surface area contributed by atoms with Gasteiger partial charge in [-0.25, -0.2) is 4.39 Å². The Morgan fingerprint density at radius 3 is 2.96 bits per heavy atom. The van der Waals surface area contributed by atoms with Crippen molar-refractivity contribution in [2.24, 2.45) is 5.92 Å². The molecule has 2 aromatic carbocycles. The van der Waals surface area contributed by atoms with E-state index >= 15 is 0 Å². The number of hydrogen-bond acceptors (Lipinski definition) is 2. The molecule has 1 aromatic heterocycles. The van der Waals surface area contributed by atoms with Crippen molar-refractivity contribution in [3.63, 3.8) is 0 Å². The monoisotopic (exact) mass is 375 g/mol. The Labute approximate surface area is 163 Å². The number of aromatic amines is 1. The van der Waals surface area contributed by atoms with E-state index in [0.717, 1.165) is 17.5 Å². The molecule has 0 radical (unpaired) electrons. The van der Waals surface area contributed by atoms with Crippen LogP contribution in [0.15, 0.2) is 48.7 Å². The number of aryl methyl sites for hydroxylation is 1. The Morgan fingerprint density at radius 2 is 2.14 bits per heavy atom. The molecule has 0 unspecified atom stereocenters. The number of amides is 1. The van der Waals surface area contributed by atoms with Crippen molar-refractivity contribution in [1.29, 1.82) is 0 Å². The third kappa shape index (κ3) is 2.66. The first kappa shape index (κ1) is 17.2. The first-order valence-corrected chi connectivity index (χ1v) is 9.59. The Kier molecular flexibility index (Phi) is 3.88. The summed E-state index contributed by atoms with van der Waals surface area (Å²) in [6, 6.07) is 11.4. The maximum absolute atomic E-state index is 14.2. The van der Waals surface area contributed by atoms with Gasteiger partial charge in [0.2, 0.25) is 5.91 Å².